The van der Waals surface area contributed by atoms with Crippen molar-refractivity contribution in [3.05, 3.63) is 11.8 Å². The molecule has 15 heavy (non-hydrogen) atoms. The first-order valence-corrected chi connectivity index (χ1v) is 5.80. The van der Waals surface area contributed by atoms with E-state index < -0.39 is 0 Å². The number of nitrogens with zero attached hydrogens (tertiary/aromatic N) is 2. The maximum atomic E-state index is 5.84. The van der Waals surface area contributed by atoms with Crippen LogP contribution in [0.15, 0.2) is 6.07 Å². The fourth-order valence-electron chi connectivity index (χ4n) is 2.72. The molecule has 1 aromatic heterocycles. The molecule has 0 radical (unpaired) electrons. The van der Waals surface area contributed by atoms with Gasteiger partial charge in [0.05, 0.1) is 5.69 Å². The molecule has 84 valence electrons. The maximum Gasteiger partial charge on any atom is 0.121 e. The summed E-state index contributed by atoms with van der Waals surface area (Å²) >= 11 is 0. The third kappa shape index (κ3) is 1.87. The Morgan fingerprint density at radius 2 is 2.20 bits per heavy atom. The average Bonchev–Trinajstić information content (AvgIpc) is 2.46. The van der Waals surface area contributed by atoms with E-state index in [4.69, 9.17) is 5.73 Å². The smallest absolute Gasteiger partial charge is 0.121 e. The molecule has 1 unspecified atom stereocenters. The van der Waals surface area contributed by atoms with Crippen LogP contribution in [0, 0.1) is 5.41 Å². The topological polar surface area (TPSA) is 43.8 Å². The molecule has 1 atom stereocenters. The molecule has 1 aliphatic rings. The van der Waals surface area contributed by atoms with E-state index in [0.717, 1.165) is 5.82 Å². The summed E-state index contributed by atoms with van der Waals surface area (Å²) in [5.74, 6) is 1.35. The van der Waals surface area contributed by atoms with Crippen molar-refractivity contribution in [2.24, 2.45) is 12.5 Å². The molecular formula is C12H21N3. The van der Waals surface area contributed by atoms with Gasteiger partial charge in [-0.15, -0.1) is 0 Å². The Hall–Kier alpha value is -0.990. The number of rotatable bonds is 1. The van der Waals surface area contributed by atoms with Crippen molar-refractivity contribution in [1.29, 1.82) is 0 Å². The van der Waals surface area contributed by atoms with Gasteiger partial charge in [-0.1, -0.05) is 26.7 Å². The van der Waals surface area contributed by atoms with E-state index in [2.05, 4.69) is 18.9 Å². The minimum atomic E-state index is 0.374. The second-order valence-corrected chi connectivity index (χ2v) is 5.40. The van der Waals surface area contributed by atoms with Crippen molar-refractivity contribution in [2.75, 3.05) is 5.73 Å². The molecule has 0 aromatic carbocycles. The summed E-state index contributed by atoms with van der Waals surface area (Å²) in [5.41, 5.74) is 7.39. The summed E-state index contributed by atoms with van der Waals surface area (Å²) in [4.78, 5) is 0. The second kappa shape index (κ2) is 3.54. The van der Waals surface area contributed by atoms with Crippen LogP contribution in [0.5, 0.6) is 0 Å². The quantitative estimate of drug-likeness (QED) is 0.769. The minimum absolute atomic E-state index is 0.374. The molecule has 1 aliphatic carbocycles. The summed E-state index contributed by atoms with van der Waals surface area (Å²) in [7, 11) is 1.91. The molecule has 1 heterocycles. The molecular weight excluding hydrogens is 186 g/mol. The van der Waals surface area contributed by atoms with E-state index in [9.17, 15) is 0 Å². The number of nitrogen functional groups attached to an aromatic ring is 1. The highest BCUT2D eigenvalue weighted by molar-refractivity contribution is 5.32. The van der Waals surface area contributed by atoms with Crippen molar-refractivity contribution in [1.82, 2.24) is 9.78 Å². The number of aryl methyl sites for hydroxylation is 1. The van der Waals surface area contributed by atoms with Crippen molar-refractivity contribution < 1.29 is 0 Å². The van der Waals surface area contributed by atoms with Crippen LogP contribution >= 0.6 is 0 Å². The Balaban J connectivity index is 2.28. The number of anilines is 1. The lowest BCUT2D eigenvalue weighted by Crippen LogP contribution is -2.26. The summed E-state index contributed by atoms with van der Waals surface area (Å²) < 4.78 is 1.78. The van der Waals surface area contributed by atoms with E-state index in [1.54, 1.807) is 4.68 Å². The Morgan fingerprint density at radius 1 is 1.47 bits per heavy atom. The molecule has 3 nitrogen and oxygen atoms in total. The van der Waals surface area contributed by atoms with Crippen LogP contribution in [0.25, 0.3) is 0 Å². The molecule has 1 aromatic rings. The van der Waals surface area contributed by atoms with E-state index >= 15 is 0 Å². The van der Waals surface area contributed by atoms with Crippen LogP contribution in [0.2, 0.25) is 0 Å². The summed E-state index contributed by atoms with van der Waals surface area (Å²) in [6.07, 6.45) is 5.23. The average molecular weight is 207 g/mol. The highest BCUT2D eigenvalue weighted by Crippen LogP contribution is 2.46. The van der Waals surface area contributed by atoms with Gasteiger partial charge >= 0.3 is 0 Å². The van der Waals surface area contributed by atoms with Gasteiger partial charge in [-0.25, -0.2) is 0 Å². The molecule has 0 amide bonds. The lowest BCUT2D eigenvalue weighted by molar-refractivity contribution is 0.195. The monoisotopic (exact) mass is 207 g/mol. The summed E-state index contributed by atoms with van der Waals surface area (Å²) in [6, 6.07) is 2.04. The maximum absolute atomic E-state index is 5.84. The van der Waals surface area contributed by atoms with Gasteiger partial charge in [0.25, 0.3) is 0 Å². The third-order valence-electron chi connectivity index (χ3n) is 3.80. The largest absolute Gasteiger partial charge is 0.384 e. The van der Waals surface area contributed by atoms with E-state index in [1.165, 1.54) is 31.4 Å². The fraction of sp³-hybridized carbons (Fsp3) is 0.750. The molecule has 2 N–H and O–H groups in total. The van der Waals surface area contributed by atoms with Crippen LogP contribution in [0.1, 0.15) is 51.1 Å². The van der Waals surface area contributed by atoms with E-state index in [0.29, 0.717) is 11.3 Å². The Morgan fingerprint density at radius 3 is 2.73 bits per heavy atom. The van der Waals surface area contributed by atoms with Gasteiger partial charge in [0.2, 0.25) is 0 Å². The number of aromatic nitrogens is 2. The van der Waals surface area contributed by atoms with Crippen molar-refractivity contribution >= 4 is 5.82 Å². The molecule has 0 spiro atoms. The van der Waals surface area contributed by atoms with E-state index in [1.807, 2.05) is 13.1 Å². The molecule has 0 bridgehead atoms. The lowest BCUT2D eigenvalue weighted by atomic mass is 9.67. The van der Waals surface area contributed by atoms with Crippen molar-refractivity contribution in [3.63, 3.8) is 0 Å². The lowest BCUT2D eigenvalue weighted by Gasteiger charge is -2.37. The van der Waals surface area contributed by atoms with Crippen LogP contribution in [-0.2, 0) is 7.05 Å². The van der Waals surface area contributed by atoms with Gasteiger partial charge in [-0.05, 0) is 18.3 Å². The Bertz CT molecular complexity index is 332. The van der Waals surface area contributed by atoms with E-state index in [-0.39, 0.29) is 0 Å². The van der Waals surface area contributed by atoms with Crippen LogP contribution in [-0.4, -0.2) is 9.78 Å². The Kier molecular flexibility index (Phi) is 2.49. The standard InChI is InChI=1S/C12H21N3/c1-12(2)7-5-4-6-9(12)10-8-11(13)15(3)14-10/h8-9H,4-7,13H2,1-3H3. The SMILES string of the molecule is Cn1nc(C2CCCCC2(C)C)cc1N. The van der Waals surface area contributed by atoms with Crippen LogP contribution in [0.3, 0.4) is 0 Å². The molecule has 2 rings (SSSR count). The summed E-state index contributed by atoms with van der Waals surface area (Å²) in [5, 5.41) is 4.52. The van der Waals surface area contributed by atoms with Crippen LogP contribution in [0.4, 0.5) is 5.82 Å². The molecule has 3 heteroatoms. The normalized spacial score (nSPS) is 25.4. The van der Waals surface area contributed by atoms with Crippen molar-refractivity contribution in [3.8, 4) is 0 Å². The van der Waals surface area contributed by atoms with Gasteiger partial charge in [0, 0.05) is 19.0 Å². The van der Waals surface area contributed by atoms with Gasteiger partial charge in [0.15, 0.2) is 0 Å². The fourth-order valence-corrected chi connectivity index (χ4v) is 2.72. The van der Waals surface area contributed by atoms with Gasteiger partial charge in [-0.3, -0.25) is 4.68 Å². The predicted molar refractivity (Wildman–Crippen MR) is 62.6 cm³/mol. The molecule has 0 saturated heterocycles. The highest BCUT2D eigenvalue weighted by atomic mass is 15.3. The summed E-state index contributed by atoms with van der Waals surface area (Å²) in [6.45, 7) is 4.70. The van der Waals surface area contributed by atoms with Gasteiger partial charge in [0.1, 0.15) is 5.82 Å². The Labute approximate surface area is 91.7 Å². The first-order chi connectivity index (χ1) is 7.00. The second-order valence-electron chi connectivity index (χ2n) is 5.40. The zero-order valence-electron chi connectivity index (χ0n) is 9.95. The minimum Gasteiger partial charge on any atom is -0.384 e. The highest BCUT2D eigenvalue weighted by Gasteiger charge is 2.34. The molecule has 1 fully saturated rings. The number of hydrogen-bond acceptors (Lipinski definition) is 2. The number of nitrogens with two attached hydrogens (primary N) is 1. The molecule has 0 aliphatic heterocycles. The first-order valence-electron chi connectivity index (χ1n) is 5.80. The predicted octanol–water partition coefficient (Wildman–Crippen LogP) is 2.69. The first kappa shape index (κ1) is 10.5. The third-order valence-corrected chi connectivity index (χ3v) is 3.80. The zero-order valence-corrected chi connectivity index (χ0v) is 9.95. The molecule has 1 saturated carbocycles. The van der Waals surface area contributed by atoms with Crippen LogP contribution < -0.4 is 5.73 Å². The zero-order chi connectivity index (χ0) is 11.1. The van der Waals surface area contributed by atoms with Crippen molar-refractivity contribution in [2.45, 2.75) is 45.4 Å². The number of hydrogen-bond donors (Lipinski definition) is 1. The van der Waals surface area contributed by atoms with Gasteiger partial charge in [-0.2, -0.15) is 5.10 Å². The van der Waals surface area contributed by atoms with Gasteiger partial charge < -0.3 is 5.73 Å².